The molecule has 0 atom stereocenters. The van der Waals surface area contributed by atoms with E-state index in [0.717, 1.165) is 22.8 Å². The molecule has 1 aromatic carbocycles. The van der Waals surface area contributed by atoms with E-state index in [9.17, 15) is 9.59 Å². The second-order valence-electron chi connectivity index (χ2n) is 6.02. The highest BCUT2D eigenvalue weighted by Crippen LogP contribution is 2.23. The molecule has 27 heavy (non-hydrogen) atoms. The molecule has 1 aliphatic heterocycles. The predicted molar refractivity (Wildman–Crippen MR) is 97.1 cm³/mol. The number of Topliss-reactive ketones (excluding diaryl/α,β-unsaturated/α-hetero) is 1. The highest BCUT2D eigenvalue weighted by atomic mass is 16.6. The van der Waals surface area contributed by atoms with E-state index in [1.165, 1.54) is 6.26 Å². The van der Waals surface area contributed by atoms with Crippen LogP contribution in [0.3, 0.4) is 0 Å². The number of methoxy groups -OCH3 is 1. The fourth-order valence-corrected chi connectivity index (χ4v) is 2.93. The van der Waals surface area contributed by atoms with Gasteiger partial charge >= 0.3 is 5.97 Å². The Hall–Kier alpha value is -3.22. The Balaban J connectivity index is 1.73. The van der Waals surface area contributed by atoms with Crippen LogP contribution < -0.4 is 4.74 Å². The van der Waals surface area contributed by atoms with E-state index >= 15 is 0 Å². The van der Waals surface area contributed by atoms with Crippen LogP contribution in [0.25, 0.3) is 5.69 Å². The summed E-state index contributed by atoms with van der Waals surface area (Å²) in [4.78, 5) is 24.5. The van der Waals surface area contributed by atoms with Gasteiger partial charge in [-0.2, -0.15) is 0 Å². The smallest absolute Gasteiger partial charge is 0.377 e. The van der Waals surface area contributed by atoms with Gasteiger partial charge in [0.2, 0.25) is 11.5 Å². The number of aryl methyl sites for hydroxylation is 1. The number of hydrogen-bond acceptors (Lipinski definition) is 6. The second-order valence-corrected chi connectivity index (χ2v) is 6.02. The molecule has 2 heterocycles. The lowest BCUT2D eigenvalue weighted by molar-refractivity contribution is -0.143. The van der Waals surface area contributed by atoms with E-state index in [4.69, 9.17) is 18.9 Å². The highest BCUT2D eigenvalue weighted by Gasteiger charge is 2.21. The first-order valence-corrected chi connectivity index (χ1v) is 8.49. The van der Waals surface area contributed by atoms with Gasteiger partial charge in [-0.3, -0.25) is 4.79 Å². The zero-order chi connectivity index (χ0) is 19.4. The first kappa shape index (κ1) is 18.6. The SMILES string of the molecule is COc1ccc(-n2c(C)cc(C(=O)COC(=O)C3=COCCO3)c2C)cc1. The minimum absolute atomic E-state index is 0.0299. The monoisotopic (exact) mass is 371 g/mol. The number of aromatic nitrogens is 1. The van der Waals surface area contributed by atoms with Gasteiger partial charge in [0.05, 0.1) is 7.11 Å². The lowest BCUT2D eigenvalue weighted by Crippen LogP contribution is -2.20. The first-order chi connectivity index (χ1) is 13.0. The first-order valence-electron chi connectivity index (χ1n) is 8.49. The third kappa shape index (κ3) is 3.97. The lowest BCUT2D eigenvalue weighted by Gasteiger charge is -2.14. The standard InChI is InChI=1S/C20H21NO6/c1-13-10-17(14(2)21(13)15-4-6-16(24-3)7-5-15)18(22)11-27-20(23)19-12-25-8-9-26-19/h4-7,10,12H,8-9,11H2,1-3H3. The van der Waals surface area contributed by atoms with Crippen molar-refractivity contribution in [2.24, 2.45) is 0 Å². The molecule has 1 aliphatic rings. The molecular weight excluding hydrogens is 350 g/mol. The Kier molecular flexibility index (Phi) is 5.49. The molecule has 0 aliphatic carbocycles. The van der Waals surface area contributed by atoms with Crippen LogP contribution in [-0.2, 0) is 19.0 Å². The Bertz CT molecular complexity index is 879. The summed E-state index contributed by atoms with van der Waals surface area (Å²) in [5.74, 6) is -0.272. The summed E-state index contributed by atoms with van der Waals surface area (Å²) in [6.45, 7) is 4.06. The van der Waals surface area contributed by atoms with Crippen LogP contribution >= 0.6 is 0 Å². The number of carbonyl (C=O) groups excluding carboxylic acids is 2. The van der Waals surface area contributed by atoms with Crippen LogP contribution in [0.5, 0.6) is 5.75 Å². The fraction of sp³-hybridized carbons (Fsp3) is 0.300. The molecule has 0 amide bonds. The van der Waals surface area contributed by atoms with Gasteiger partial charge in [0.1, 0.15) is 25.2 Å². The number of ether oxygens (including phenoxy) is 4. The van der Waals surface area contributed by atoms with E-state index in [1.54, 1.807) is 13.2 Å². The van der Waals surface area contributed by atoms with Gasteiger partial charge in [0.25, 0.3) is 0 Å². The van der Waals surface area contributed by atoms with Crippen molar-refractivity contribution in [3.63, 3.8) is 0 Å². The third-order valence-corrected chi connectivity index (χ3v) is 4.25. The summed E-state index contributed by atoms with van der Waals surface area (Å²) >= 11 is 0. The number of esters is 1. The molecule has 7 nitrogen and oxygen atoms in total. The molecule has 3 rings (SSSR count). The van der Waals surface area contributed by atoms with E-state index in [1.807, 2.05) is 42.7 Å². The quantitative estimate of drug-likeness (QED) is 0.574. The average Bonchev–Trinajstić information content (AvgIpc) is 3.00. The molecule has 2 aromatic rings. The van der Waals surface area contributed by atoms with Crippen LogP contribution in [0.2, 0.25) is 0 Å². The predicted octanol–water partition coefficient (Wildman–Crippen LogP) is 2.72. The zero-order valence-corrected chi connectivity index (χ0v) is 15.5. The van der Waals surface area contributed by atoms with Gasteiger partial charge in [-0.1, -0.05) is 0 Å². The number of rotatable bonds is 6. The normalized spacial score (nSPS) is 13.2. The highest BCUT2D eigenvalue weighted by molar-refractivity contribution is 6.00. The zero-order valence-electron chi connectivity index (χ0n) is 15.5. The van der Waals surface area contributed by atoms with Crippen molar-refractivity contribution in [1.29, 1.82) is 0 Å². The second kappa shape index (κ2) is 7.99. The van der Waals surface area contributed by atoms with Gasteiger partial charge in [0.15, 0.2) is 6.61 Å². The maximum Gasteiger partial charge on any atom is 0.377 e. The molecule has 142 valence electrons. The summed E-state index contributed by atoms with van der Waals surface area (Å²) in [7, 11) is 1.61. The Labute approximate surface area is 157 Å². The van der Waals surface area contributed by atoms with Crippen LogP contribution in [-0.4, -0.2) is 43.3 Å². The van der Waals surface area contributed by atoms with E-state index in [-0.39, 0.29) is 24.8 Å². The molecular formula is C20H21NO6. The summed E-state index contributed by atoms with van der Waals surface area (Å²) < 4.78 is 22.3. The van der Waals surface area contributed by atoms with Crippen molar-refractivity contribution in [2.45, 2.75) is 13.8 Å². The van der Waals surface area contributed by atoms with Crippen molar-refractivity contribution in [1.82, 2.24) is 4.57 Å². The Morgan fingerprint density at radius 2 is 1.89 bits per heavy atom. The Morgan fingerprint density at radius 1 is 1.15 bits per heavy atom. The Morgan fingerprint density at radius 3 is 2.52 bits per heavy atom. The summed E-state index contributed by atoms with van der Waals surface area (Å²) in [6, 6.07) is 9.34. The molecule has 0 saturated carbocycles. The molecule has 0 unspecified atom stereocenters. The largest absolute Gasteiger partial charge is 0.497 e. The number of carbonyl (C=O) groups is 2. The minimum atomic E-state index is -0.716. The van der Waals surface area contributed by atoms with E-state index in [0.29, 0.717) is 12.2 Å². The molecule has 0 N–H and O–H groups in total. The molecule has 7 heteroatoms. The van der Waals surface area contributed by atoms with Crippen molar-refractivity contribution in [3.8, 4) is 11.4 Å². The van der Waals surface area contributed by atoms with Gasteiger partial charge < -0.3 is 23.5 Å². The van der Waals surface area contributed by atoms with Crippen molar-refractivity contribution >= 4 is 11.8 Å². The molecule has 0 fully saturated rings. The van der Waals surface area contributed by atoms with Crippen LogP contribution in [0.15, 0.2) is 42.4 Å². The van der Waals surface area contributed by atoms with Crippen LogP contribution in [0.1, 0.15) is 21.7 Å². The van der Waals surface area contributed by atoms with Crippen molar-refractivity contribution < 1.29 is 28.5 Å². The minimum Gasteiger partial charge on any atom is -0.497 e. The lowest BCUT2D eigenvalue weighted by atomic mass is 10.1. The van der Waals surface area contributed by atoms with E-state index < -0.39 is 5.97 Å². The third-order valence-electron chi connectivity index (χ3n) is 4.25. The number of nitrogens with zero attached hydrogens (tertiary/aromatic N) is 1. The average molecular weight is 371 g/mol. The van der Waals surface area contributed by atoms with Gasteiger partial charge in [-0.05, 0) is 44.2 Å². The molecule has 0 radical (unpaired) electrons. The van der Waals surface area contributed by atoms with Gasteiger partial charge in [0, 0.05) is 22.6 Å². The molecule has 0 bridgehead atoms. The van der Waals surface area contributed by atoms with E-state index in [2.05, 4.69) is 0 Å². The molecule has 0 saturated heterocycles. The topological polar surface area (TPSA) is 76.0 Å². The fourth-order valence-electron chi connectivity index (χ4n) is 2.93. The van der Waals surface area contributed by atoms with Gasteiger partial charge in [-0.25, -0.2) is 4.79 Å². The number of hydrogen-bond donors (Lipinski definition) is 0. The summed E-state index contributed by atoms with van der Waals surface area (Å²) in [5, 5.41) is 0. The maximum atomic E-state index is 12.5. The van der Waals surface area contributed by atoms with Crippen molar-refractivity contribution in [3.05, 3.63) is 59.3 Å². The van der Waals surface area contributed by atoms with Crippen LogP contribution in [0.4, 0.5) is 0 Å². The van der Waals surface area contributed by atoms with Crippen LogP contribution in [0, 0.1) is 13.8 Å². The summed E-state index contributed by atoms with van der Waals surface area (Å²) in [6.07, 6.45) is 1.20. The maximum absolute atomic E-state index is 12.5. The number of benzene rings is 1. The summed E-state index contributed by atoms with van der Waals surface area (Å²) in [5.41, 5.74) is 3.10. The molecule has 1 aromatic heterocycles. The van der Waals surface area contributed by atoms with Gasteiger partial charge in [-0.15, -0.1) is 0 Å². The molecule has 0 spiro atoms. The van der Waals surface area contributed by atoms with Crippen molar-refractivity contribution in [2.75, 3.05) is 26.9 Å². The number of ketones is 1.